The van der Waals surface area contributed by atoms with Crippen molar-refractivity contribution in [2.75, 3.05) is 5.32 Å². The summed E-state index contributed by atoms with van der Waals surface area (Å²) in [6, 6.07) is 6.41. The Morgan fingerprint density at radius 2 is 1.89 bits per heavy atom. The summed E-state index contributed by atoms with van der Waals surface area (Å²) in [7, 11) is 1.43. The Labute approximate surface area is 156 Å². The zero-order valence-electron chi connectivity index (χ0n) is 13.9. The van der Waals surface area contributed by atoms with Crippen LogP contribution in [0, 0.1) is 17.5 Å². The summed E-state index contributed by atoms with van der Waals surface area (Å²) in [6.45, 7) is -0.974. The largest absolute Gasteiger partial charge is 0.321 e. The van der Waals surface area contributed by atoms with Crippen molar-refractivity contribution >= 4 is 23.2 Å². The second-order valence-electron chi connectivity index (χ2n) is 5.64. The average molecular weight is 398 g/mol. The Hall–Kier alpha value is -2.87. The summed E-state index contributed by atoms with van der Waals surface area (Å²) in [4.78, 5) is 12.6. The van der Waals surface area contributed by atoms with Gasteiger partial charge in [-0.15, -0.1) is 0 Å². The van der Waals surface area contributed by atoms with Crippen LogP contribution >= 0.6 is 11.6 Å². The number of aromatic nitrogens is 2. The van der Waals surface area contributed by atoms with Crippen LogP contribution in [0.1, 0.15) is 16.1 Å². The number of anilines is 1. The number of carbonyl (C=O) groups excluding carboxylic acids is 1. The molecule has 2 aromatic carbocycles. The minimum atomic E-state index is -1.12. The monoisotopic (exact) mass is 397 g/mol. The highest BCUT2D eigenvalue weighted by Gasteiger charge is 2.22. The third-order valence-corrected chi connectivity index (χ3v) is 4.20. The topological polar surface area (TPSA) is 46.9 Å². The molecule has 0 bridgehead atoms. The van der Waals surface area contributed by atoms with E-state index >= 15 is 0 Å². The van der Waals surface area contributed by atoms with Gasteiger partial charge in [0.1, 0.15) is 18.1 Å². The van der Waals surface area contributed by atoms with Crippen LogP contribution in [-0.2, 0) is 13.7 Å². The van der Waals surface area contributed by atoms with Gasteiger partial charge in [0.25, 0.3) is 5.91 Å². The lowest BCUT2D eigenvalue weighted by Crippen LogP contribution is -2.15. The molecule has 27 heavy (non-hydrogen) atoms. The Morgan fingerprint density at radius 3 is 2.56 bits per heavy atom. The van der Waals surface area contributed by atoms with Gasteiger partial charge in [0.15, 0.2) is 16.8 Å². The molecule has 0 aliphatic rings. The molecule has 0 radical (unpaired) electrons. The fraction of sp³-hybridized carbons (Fsp3) is 0.111. The highest BCUT2D eigenvalue weighted by atomic mass is 35.5. The van der Waals surface area contributed by atoms with Crippen molar-refractivity contribution in [1.82, 2.24) is 9.78 Å². The maximum atomic E-state index is 13.7. The van der Waals surface area contributed by atoms with E-state index in [1.165, 1.54) is 19.2 Å². The Kier molecular flexibility index (Phi) is 5.18. The van der Waals surface area contributed by atoms with E-state index in [0.29, 0.717) is 0 Å². The van der Waals surface area contributed by atoms with Gasteiger partial charge in [-0.2, -0.15) is 5.10 Å². The number of amides is 1. The fourth-order valence-corrected chi connectivity index (χ4v) is 2.92. The van der Waals surface area contributed by atoms with E-state index in [0.717, 1.165) is 28.9 Å². The van der Waals surface area contributed by atoms with Gasteiger partial charge in [0, 0.05) is 18.3 Å². The van der Waals surface area contributed by atoms with E-state index in [1.807, 2.05) is 0 Å². The lowest BCUT2D eigenvalue weighted by Gasteiger charge is -2.12. The number of hydrogen-bond acceptors (Lipinski definition) is 2. The maximum absolute atomic E-state index is 13.7. The van der Waals surface area contributed by atoms with Crippen LogP contribution < -0.4 is 5.32 Å². The zero-order chi connectivity index (χ0) is 19.7. The highest BCUT2D eigenvalue weighted by molar-refractivity contribution is 6.33. The number of aryl methyl sites for hydroxylation is 1. The number of halogens is 5. The summed E-state index contributed by atoms with van der Waals surface area (Å²) in [5.74, 6) is -3.59. The molecular weight excluding hydrogens is 386 g/mol. The van der Waals surface area contributed by atoms with Crippen LogP contribution in [-0.4, -0.2) is 15.7 Å². The van der Waals surface area contributed by atoms with Crippen LogP contribution in [0.4, 0.5) is 23.2 Å². The summed E-state index contributed by atoms with van der Waals surface area (Å²) in [6.07, 6.45) is 0. The number of nitrogens with zero attached hydrogens (tertiary/aromatic N) is 2. The lowest BCUT2D eigenvalue weighted by atomic mass is 10.0. The first-order valence-electron chi connectivity index (χ1n) is 7.65. The summed E-state index contributed by atoms with van der Waals surface area (Å²) in [5.41, 5.74) is 0.170. The summed E-state index contributed by atoms with van der Waals surface area (Å²) >= 11 is 5.90. The maximum Gasteiger partial charge on any atom is 0.260 e. The van der Waals surface area contributed by atoms with Crippen molar-refractivity contribution < 1.29 is 22.4 Å². The number of carbonyl (C=O) groups is 1. The molecular formula is C18H12ClF4N3O. The highest BCUT2D eigenvalue weighted by Crippen LogP contribution is 2.31. The lowest BCUT2D eigenvalue weighted by molar-refractivity contribution is 0.102. The molecule has 0 atom stereocenters. The van der Waals surface area contributed by atoms with Crippen LogP contribution in [0.3, 0.4) is 0 Å². The summed E-state index contributed by atoms with van der Waals surface area (Å²) < 4.78 is 54.8. The first kappa shape index (κ1) is 18.9. The van der Waals surface area contributed by atoms with Gasteiger partial charge in [-0.1, -0.05) is 17.7 Å². The van der Waals surface area contributed by atoms with Gasteiger partial charge in [-0.25, -0.2) is 17.6 Å². The van der Waals surface area contributed by atoms with Crippen molar-refractivity contribution in [2.24, 2.45) is 7.05 Å². The zero-order valence-corrected chi connectivity index (χ0v) is 14.6. The van der Waals surface area contributed by atoms with E-state index in [2.05, 4.69) is 10.4 Å². The molecule has 1 N–H and O–H groups in total. The number of alkyl halides is 1. The van der Waals surface area contributed by atoms with Gasteiger partial charge >= 0.3 is 0 Å². The third-order valence-electron chi connectivity index (χ3n) is 3.94. The van der Waals surface area contributed by atoms with E-state index in [1.54, 1.807) is 0 Å². The molecule has 0 fully saturated rings. The molecule has 1 amide bonds. The normalized spacial score (nSPS) is 10.9. The quantitative estimate of drug-likeness (QED) is 0.638. The Bertz CT molecular complexity index is 1040. The summed E-state index contributed by atoms with van der Waals surface area (Å²) in [5, 5.41) is 6.08. The molecule has 3 rings (SSSR count). The Morgan fingerprint density at radius 1 is 1.15 bits per heavy atom. The molecule has 140 valence electrons. The number of hydrogen-bond donors (Lipinski definition) is 1. The second-order valence-corrected chi connectivity index (χ2v) is 6.00. The van der Waals surface area contributed by atoms with Gasteiger partial charge < -0.3 is 5.32 Å². The van der Waals surface area contributed by atoms with E-state index < -0.39 is 30.0 Å². The van der Waals surface area contributed by atoms with Crippen molar-refractivity contribution in [3.8, 4) is 11.1 Å². The predicted octanol–water partition coefficient (Wildman–Crippen LogP) is 4.88. The molecule has 0 saturated carbocycles. The number of rotatable bonds is 4. The molecule has 1 aromatic heterocycles. The molecule has 0 aliphatic carbocycles. The number of nitrogens with one attached hydrogen (secondary N) is 1. The van der Waals surface area contributed by atoms with Crippen LogP contribution in [0.2, 0.25) is 5.15 Å². The van der Waals surface area contributed by atoms with Crippen LogP contribution in [0.25, 0.3) is 11.1 Å². The third kappa shape index (κ3) is 3.66. The van der Waals surface area contributed by atoms with E-state index in [4.69, 9.17) is 11.6 Å². The SMILES string of the molecule is Cn1nc(Cl)c(C(=O)Nc2ccc(F)cc2-c2ccc(F)c(F)c2)c1CF. The van der Waals surface area contributed by atoms with Gasteiger partial charge in [-0.3, -0.25) is 9.48 Å². The van der Waals surface area contributed by atoms with Crippen molar-refractivity contribution in [1.29, 1.82) is 0 Å². The molecule has 0 saturated heterocycles. The standard InChI is InChI=1S/C18H12ClF4N3O/c1-26-15(8-20)16(17(19)25-26)18(27)24-14-5-3-10(21)7-11(14)9-2-4-12(22)13(23)6-9/h2-7H,8H2,1H3,(H,24,27). The predicted molar refractivity (Wildman–Crippen MR) is 92.7 cm³/mol. The molecule has 9 heteroatoms. The molecule has 0 unspecified atom stereocenters. The first-order valence-corrected chi connectivity index (χ1v) is 8.03. The van der Waals surface area contributed by atoms with E-state index in [9.17, 15) is 22.4 Å². The molecule has 4 nitrogen and oxygen atoms in total. The Balaban J connectivity index is 2.03. The van der Waals surface area contributed by atoms with Gasteiger partial charge in [-0.05, 0) is 35.9 Å². The van der Waals surface area contributed by atoms with Crippen molar-refractivity contribution in [3.63, 3.8) is 0 Å². The average Bonchev–Trinajstić information content (AvgIpc) is 2.92. The fourth-order valence-electron chi connectivity index (χ4n) is 2.61. The molecule has 1 heterocycles. The second kappa shape index (κ2) is 7.40. The van der Waals surface area contributed by atoms with E-state index in [-0.39, 0.29) is 33.2 Å². The smallest absolute Gasteiger partial charge is 0.260 e. The minimum absolute atomic E-state index is 0.0333. The molecule has 0 aliphatic heterocycles. The minimum Gasteiger partial charge on any atom is -0.321 e. The first-order chi connectivity index (χ1) is 12.8. The van der Waals surface area contributed by atoms with Crippen molar-refractivity contribution in [2.45, 2.75) is 6.67 Å². The van der Waals surface area contributed by atoms with Crippen LogP contribution in [0.15, 0.2) is 36.4 Å². The van der Waals surface area contributed by atoms with Gasteiger partial charge in [0.05, 0.1) is 5.69 Å². The molecule has 0 spiro atoms. The number of benzene rings is 2. The van der Waals surface area contributed by atoms with Crippen molar-refractivity contribution in [3.05, 3.63) is 70.3 Å². The molecule has 3 aromatic rings. The van der Waals surface area contributed by atoms with Crippen LogP contribution in [0.5, 0.6) is 0 Å². The van der Waals surface area contributed by atoms with Gasteiger partial charge in [0.2, 0.25) is 0 Å².